The van der Waals surface area contributed by atoms with E-state index in [1.54, 1.807) is 13.1 Å². The number of ether oxygens (including phenoxy) is 1. The predicted molar refractivity (Wildman–Crippen MR) is 123 cm³/mol. The Morgan fingerprint density at radius 2 is 2.00 bits per heavy atom. The predicted octanol–water partition coefficient (Wildman–Crippen LogP) is 3.57. The molecule has 176 valence electrons. The summed E-state index contributed by atoms with van der Waals surface area (Å²) in [7, 11) is 0. The highest BCUT2D eigenvalue weighted by Gasteiger charge is 2.44. The molecule has 1 amide bonds. The lowest BCUT2D eigenvalue weighted by Gasteiger charge is -2.41. The molecular formula is C24H36N4O4. The Morgan fingerprint density at radius 3 is 2.56 bits per heavy atom. The Kier molecular flexibility index (Phi) is 9.09. The lowest BCUT2D eigenvalue weighted by Crippen LogP contribution is -2.52. The Labute approximate surface area is 190 Å². The Balaban J connectivity index is 2.20. The summed E-state index contributed by atoms with van der Waals surface area (Å²) < 4.78 is 11.8. The van der Waals surface area contributed by atoms with Gasteiger partial charge in [0.05, 0.1) is 25.6 Å². The van der Waals surface area contributed by atoms with Gasteiger partial charge in [0.15, 0.2) is 5.60 Å². The Hall–Kier alpha value is -2.58. The first-order valence-electron chi connectivity index (χ1n) is 11.1. The van der Waals surface area contributed by atoms with Crippen LogP contribution in [0.1, 0.15) is 64.8 Å². The van der Waals surface area contributed by atoms with Crippen molar-refractivity contribution in [2.75, 3.05) is 6.54 Å². The SMILES string of the molecule is CC=NC(C)[C@@](CC(=O)NC[C@@](C)(O)c1nnc(C)o1)(OCc1ccccc1)[C@H](C)CC. The summed E-state index contributed by atoms with van der Waals surface area (Å²) in [6.07, 6.45) is 2.67. The van der Waals surface area contributed by atoms with Crippen LogP contribution in [0.25, 0.3) is 0 Å². The molecule has 0 aliphatic heterocycles. The molecule has 0 spiro atoms. The van der Waals surface area contributed by atoms with Crippen LogP contribution in [0.2, 0.25) is 0 Å². The molecule has 1 unspecified atom stereocenters. The van der Waals surface area contributed by atoms with Crippen molar-refractivity contribution in [2.24, 2.45) is 10.9 Å². The first-order chi connectivity index (χ1) is 15.1. The minimum Gasteiger partial charge on any atom is -0.422 e. The number of amides is 1. The third-order valence-corrected chi connectivity index (χ3v) is 5.93. The van der Waals surface area contributed by atoms with Crippen LogP contribution >= 0.6 is 0 Å². The van der Waals surface area contributed by atoms with E-state index in [1.165, 1.54) is 6.92 Å². The van der Waals surface area contributed by atoms with Crippen LogP contribution in [-0.4, -0.2) is 45.6 Å². The largest absolute Gasteiger partial charge is 0.422 e. The monoisotopic (exact) mass is 444 g/mol. The normalized spacial score (nSPS) is 17.5. The molecular weight excluding hydrogens is 408 g/mol. The lowest BCUT2D eigenvalue weighted by atomic mass is 9.78. The lowest BCUT2D eigenvalue weighted by molar-refractivity contribution is -0.143. The molecule has 2 N–H and O–H groups in total. The minimum absolute atomic E-state index is 0.0613. The van der Waals surface area contributed by atoms with E-state index in [0.717, 1.165) is 12.0 Å². The van der Waals surface area contributed by atoms with Crippen LogP contribution in [0.4, 0.5) is 0 Å². The average molecular weight is 445 g/mol. The number of carbonyl (C=O) groups excluding carboxylic acids is 1. The van der Waals surface area contributed by atoms with Crippen LogP contribution in [0.15, 0.2) is 39.7 Å². The maximum Gasteiger partial charge on any atom is 0.249 e. The second-order valence-electron chi connectivity index (χ2n) is 8.48. The van der Waals surface area contributed by atoms with Gasteiger partial charge in [0.1, 0.15) is 5.60 Å². The molecule has 0 saturated heterocycles. The molecule has 4 atom stereocenters. The van der Waals surface area contributed by atoms with Gasteiger partial charge in [0.2, 0.25) is 17.7 Å². The molecule has 1 heterocycles. The van der Waals surface area contributed by atoms with Crippen molar-refractivity contribution in [3.63, 3.8) is 0 Å². The smallest absolute Gasteiger partial charge is 0.249 e. The van der Waals surface area contributed by atoms with Crippen LogP contribution in [0, 0.1) is 12.8 Å². The van der Waals surface area contributed by atoms with Gasteiger partial charge in [-0.25, -0.2) is 0 Å². The number of aromatic nitrogens is 2. The molecule has 0 fully saturated rings. The number of hydrogen-bond acceptors (Lipinski definition) is 7. The average Bonchev–Trinajstić information content (AvgIpc) is 3.23. The summed E-state index contributed by atoms with van der Waals surface area (Å²) in [6.45, 7) is 11.5. The van der Waals surface area contributed by atoms with Crippen molar-refractivity contribution in [3.05, 3.63) is 47.7 Å². The zero-order valence-electron chi connectivity index (χ0n) is 20.0. The van der Waals surface area contributed by atoms with E-state index in [-0.39, 0.29) is 36.7 Å². The number of aliphatic hydroxyl groups is 1. The van der Waals surface area contributed by atoms with Crippen LogP contribution in [-0.2, 0) is 21.7 Å². The van der Waals surface area contributed by atoms with E-state index in [2.05, 4.69) is 34.4 Å². The fourth-order valence-electron chi connectivity index (χ4n) is 3.71. The minimum atomic E-state index is -1.48. The highest BCUT2D eigenvalue weighted by Crippen LogP contribution is 2.35. The number of rotatable bonds is 12. The molecule has 2 aromatic rings. The van der Waals surface area contributed by atoms with Gasteiger partial charge in [-0.05, 0) is 38.5 Å². The van der Waals surface area contributed by atoms with E-state index >= 15 is 0 Å². The van der Waals surface area contributed by atoms with Crippen molar-refractivity contribution < 1.29 is 19.1 Å². The second-order valence-corrected chi connectivity index (χ2v) is 8.48. The van der Waals surface area contributed by atoms with Crippen molar-refractivity contribution in [1.82, 2.24) is 15.5 Å². The standard InChI is InChI=1S/C24H36N4O4/c1-7-17(3)24(18(4)25-8-2,31-15-20-12-10-9-11-13-20)14-21(29)26-16-23(6,30)22-28-27-19(5)32-22/h8-13,17-18,30H,7,14-16H2,1-6H3,(H,26,29)/t17-,18?,23-,24+/m1/s1. The third kappa shape index (κ3) is 6.46. The van der Waals surface area contributed by atoms with Crippen molar-refractivity contribution >= 4 is 12.1 Å². The van der Waals surface area contributed by atoms with Crippen molar-refractivity contribution in [2.45, 2.75) is 78.2 Å². The molecule has 0 saturated carbocycles. The molecule has 8 nitrogen and oxygen atoms in total. The van der Waals surface area contributed by atoms with Crippen LogP contribution in [0.5, 0.6) is 0 Å². The van der Waals surface area contributed by atoms with Crippen molar-refractivity contribution in [1.29, 1.82) is 0 Å². The number of nitrogens with one attached hydrogen (secondary N) is 1. The highest BCUT2D eigenvalue weighted by molar-refractivity contribution is 5.77. The molecule has 0 aliphatic carbocycles. The van der Waals surface area contributed by atoms with Gasteiger partial charge in [0.25, 0.3) is 0 Å². The number of aryl methyl sites for hydroxylation is 1. The zero-order chi connectivity index (χ0) is 23.8. The first kappa shape index (κ1) is 25.7. The zero-order valence-corrected chi connectivity index (χ0v) is 20.0. The van der Waals surface area contributed by atoms with E-state index in [9.17, 15) is 9.90 Å². The maximum absolute atomic E-state index is 13.1. The summed E-state index contributed by atoms with van der Waals surface area (Å²) in [6, 6.07) is 9.64. The number of nitrogens with zero attached hydrogens (tertiary/aromatic N) is 3. The van der Waals surface area contributed by atoms with Crippen LogP contribution < -0.4 is 5.32 Å². The first-order valence-corrected chi connectivity index (χ1v) is 11.1. The van der Waals surface area contributed by atoms with E-state index < -0.39 is 11.2 Å². The summed E-state index contributed by atoms with van der Waals surface area (Å²) in [5, 5.41) is 21.1. The number of carbonyl (C=O) groups is 1. The number of hydrogen-bond donors (Lipinski definition) is 2. The van der Waals surface area contributed by atoms with Gasteiger partial charge < -0.3 is 19.6 Å². The Morgan fingerprint density at radius 1 is 1.31 bits per heavy atom. The summed E-state index contributed by atoms with van der Waals surface area (Å²) in [5.74, 6) is 0.235. The Bertz CT molecular complexity index is 881. The molecule has 8 heteroatoms. The molecule has 0 bridgehead atoms. The maximum atomic E-state index is 13.1. The van der Waals surface area contributed by atoms with Gasteiger partial charge in [-0.2, -0.15) is 0 Å². The molecule has 1 aromatic heterocycles. The van der Waals surface area contributed by atoms with Gasteiger partial charge in [-0.3, -0.25) is 9.79 Å². The van der Waals surface area contributed by atoms with E-state index in [0.29, 0.717) is 12.5 Å². The fourth-order valence-corrected chi connectivity index (χ4v) is 3.71. The quantitative estimate of drug-likeness (QED) is 0.484. The van der Waals surface area contributed by atoms with Crippen molar-refractivity contribution in [3.8, 4) is 0 Å². The second kappa shape index (κ2) is 11.3. The van der Waals surface area contributed by atoms with E-state index in [4.69, 9.17) is 9.15 Å². The van der Waals surface area contributed by atoms with Gasteiger partial charge in [0, 0.05) is 6.92 Å². The fraction of sp³-hybridized carbons (Fsp3) is 0.583. The number of aliphatic imine (C=N–C) groups is 1. The molecule has 1 aromatic carbocycles. The number of benzene rings is 1. The van der Waals surface area contributed by atoms with Gasteiger partial charge in [-0.15, -0.1) is 10.2 Å². The molecule has 0 radical (unpaired) electrons. The third-order valence-electron chi connectivity index (χ3n) is 5.93. The molecule has 2 rings (SSSR count). The summed E-state index contributed by atoms with van der Waals surface area (Å²) in [4.78, 5) is 17.6. The summed E-state index contributed by atoms with van der Waals surface area (Å²) >= 11 is 0. The molecule has 0 aliphatic rings. The molecule has 32 heavy (non-hydrogen) atoms. The highest BCUT2D eigenvalue weighted by atomic mass is 16.5. The summed E-state index contributed by atoms with van der Waals surface area (Å²) in [5.41, 5.74) is -1.26. The van der Waals surface area contributed by atoms with Gasteiger partial charge >= 0.3 is 0 Å². The van der Waals surface area contributed by atoms with Crippen LogP contribution in [0.3, 0.4) is 0 Å². The van der Waals surface area contributed by atoms with E-state index in [1.807, 2.05) is 44.2 Å². The topological polar surface area (TPSA) is 110 Å². The van der Waals surface area contributed by atoms with Gasteiger partial charge in [-0.1, -0.05) is 50.6 Å².